The first-order chi connectivity index (χ1) is 15.1. The summed E-state index contributed by atoms with van der Waals surface area (Å²) < 4.78 is 2.02. The van der Waals surface area contributed by atoms with Gasteiger partial charge in [-0.1, -0.05) is 43.7 Å². The number of fused-ring (bicyclic) bond motifs is 3. The van der Waals surface area contributed by atoms with Crippen LogP contribution in [0, 0.1) is 13.8 Å². The number of aryl methyl sites for hydroxylation is 3. The molecule has 6 heteroatoms. The summed E-state index contributed by atoms with van der Waals surface area (Å²) >= 11 is 0. The van der Waals surface area contributed by atoms with Crippen molar-refractivity contribution < 1.29 is 0 Å². The van der Waals surface area contributed by atoms with Crippen LogP contribution in [0.5, 0.6) is 0 Å². The molecule has 0 N–H and O–H groups in total. The van der Waals surface area contributed by atoms with E-state index in [2.05, 4.69) is 66.1 Å². The smallest absolute Gasteiger partial charge is 0.184 e. The fraction of sp³-hybridized carbons (Fsp3) is 0.400. The molecule has 6 nitrogen and oxygen atoms in total. The van der Waals surface area contributed by atoms with Crippen LogP contribution >= 0.6 is 0 Å². The summed E-state index contributed by atoms with van der Waals surface area (Å²) in [4.78, 5) is 14.7. The van der Waals surface area contributed by atoms with Gasteiger partial charge in [-0.25, -0.2) is 9.97 Å². The van der Waals surface area contributed by atoms with Gasteiger partial charge in [0, 0.05) is 50.2 Å². The molecule has 1 aliphatic heterocycles. The Morgan fingerprint density at radius 3 is 2.45 bits per heavy atom. The van der Waals surface area contributed by atoms with Crippen LogP contribution in [-0.2, 0) is 13.0 Å². The molecular weight excluding hydrogens is 384 g/mol. The Morgan fingerprint density at radius 2 is 1.71 bits per heavy atom. The van der Waals surface area contributed by atoms with Crippen molar-refractivity contribution in [2.24, 2.45) is 0 Å². The molecule has 1 aromatic carbocycles. The zero-order chi connectivity index (χ0) is 21.4. The molecule has 0 bridgehead atoms. The van der Waals surface area contributed by atoms with Crippen molar-refractivity contribution >= 4 is 22.5 Å². The topological polar surface area (TPSA) is 49.6 Å². The van der Waals surface area contributed by atoms with Crippen molar-refractivity contribution in [3.8, 4) is 0 Å². The summed E-state index contributed by atoms with van der Waals surface area (Å²) in [5, 5.41) is 5.96. The lowest BCUT2D eigenvalue weighted by molar-refractivity contribution is 0.249. The Hall–Kier alpha value is -2.99. The average molecular weight is 415 g/mol. The molecule has 31 heavy (non-hydrogen) atoms. The van der Waals surface area contributed by atoms with Gasteiger partial charge in [0.2, 0.25) is 0 Å². The van der Waals surface area contributed by atoms with Gasteiger partial charge in [0.25, 0.3) is 0 Å². The molecule has 0 radical (unpaired) electrons. The number of aromatic nitrogens is 4. The normalized spacial score (nSPS) is 15.3. The number of anilines is 1. The van der Waals surface area contributed by atoms with E-state index in [1.165, 1.54) is 11.1 Å². The highest BCUT2D eigenvalue weighted by molar-refractivity contribution is 5.93. The molecule has 160 valence electrons. The molecule has 1 saturated heterocycles. The fourth-order valence-corrected chi connectivity index (χ4v) is 4.64. The Morgan fingerprint density at radius 1 is 0.935 bits per heavy atom. The van der Waals surface area contributed by atoms with E-state index in [-0.39, 0.29) is 0 Å². The molecule has 3 aromatic heterocycles. The van der Waals surface area contributed by atoms with E-state index in [1.807, 2.05) is 11.4 Å². The summed E-state index contributed by atoms with van der Waals surface area (Å²) in [5.41, 5.74) is 6.44. The molecule has 5 rings (SSSR count). The van der Waals surface area contributed by atoms with E-state index < -0.39 is 0 Å². The maximum atomic E-state index is 4.99. The molecular formula is C25H30N6. The Labute approximate surface area is 183 Å². The van der Waals surface area contributed by atoms with Gasteiger partial charge >= 0.3 is 0 Å². The third kappa shape index (κ3) is 3.88. The standard InChI is InChI=1S/C25H30N6/c1-4-8-21-16-22(30-13-11-29(12-14-30)17-20-9-6-5-7-10-20)31-25(27-21)23-18(2)15-19(3)26-24(23)28-31/h5-7,9-10,15-16H,4,8,11-14,17H2,1-3H3. The molecule has 0 amide bonds. The van der Waals surface area contributed by atoms with E-state index in [0.717, 1.165) is 79.5 Å². The Balaban J connectivity index is 1.48. The van der Waals surface area contributed by atoms with Crippen LogP contribution in [0.25, 0.3) is 16.7 Å². The number of benzene rings is 1. The van der Waals surface area contributed by atoms with Gasteiger partial charge in [0.1, 0.15) is 5.82 Å². The molecule has 0 aliphatic carbocycles. The minimum Gasteiger partial charge on any atom is -0.354 e. The number of hydrogen-bond donors (Lipinski definition) is 0. The fourth-order valence-electron chi connectivity index (χ4n) is 4.64. The maximum absolute atomic E-state index is 4.99. The van der Waals surface area contributed by atoms with Crippen LogP contribution in [0.2, 0.25) is 0 Å². The van der Waals surface area contributed by atoms with Crippen molar-refractivity contribution in [1.29, 1.82) is 0 Å². The van der Waals surface area contributed by atoms with E-state index in [4.69, 9.17) is 15.1 Å². The maximum Gasteiger partial charge on any atom is 0.184 e. The number of nitrogens with zero attached hydrogens (tertiary/aromatic N) is 6. The monoisotopic (exact) mass is 414 g/mol. The first kappa shape index (κ1) is 19.9. The summed E-state index contributed by atoms with van der Waals surface area (Å²) in [6.07, 6.45) is 2.05. The van der Waals surface area contributed by atoms with Crippen LogP contribution in [0.4, 0.5) is 5.82 Å². The lowest BCUT2D eigenvalue weighted by atomic mass is 10.1. The van der Waals surface area contributed by atoms with Crippen LogP contribution in [-0.4, -0.2) is 50.7 Å². The average Bonchev–Trinajstić information content (AvgIpc) is 3.13. The van der Waals surface area contributed by atoms with Gasteiger partial charge in [0.05, 0.1) is 5.39 Å². The van der Waals surface area contributed by atoms with Crippen molar-refractivity contribution in [3.05, 3.63) is 65.0 Å². The van der Waals surface area contributed by atoms with Crippen molar-refractivity contribution in [1.82, 2.24) is 24.5 Å². The zero-order valence-corrected chi connectivity index (χ0v) is 18.7. The minimum atomic E-state index is 0.794. The summed E-state index contributed by atoms with van der Waals surface area (Å²) in [6.45, 7) is 11.4. The highest BCUT2D eigenvalue weighted by Crippen LogP contribution is 2.27. The van der Waals surface area contributed by atoms with Gasteiger partial charge in [-0.3, -0.25) is 4.90 Å². The van der Waals surface area contributed by atoms with Crippen molar-refractivity contribution in [2.45, 2.75) is 40.2 Å². The van der Waals surface area contributed by atoms with E-state index in [9.17, 15) is 0 Å². The Kier molecular flexibility index (Phi) is 5.32. The number of pyridine rings is 1. The van der Waals surface area contributed by atoms with Crippen LogP contribution in [0.1, 0.15) is 35.9 Å². The van der Waals surface area contributed by atoms with E-state index in [1.54, 1.807) is 0 Å². The molecule has 1 fully saturated rings. The summed E-state index contributed by atoms with van der Waals surface area (Å²) in [7, 11) is 0. The predicted molar refractivity (Wildman–Crippen MR) is 126 cm³/mol. The second kappa shape index (κ2) is 8.27. The lowest BCUT2D eigenvalue weighted by Gasteiger charge is -2.36. The Bertz CT molecular complexity index is 1210. The zero-order valence-electron chi connectivity index (χ0n) is 18.7. The summed E-state index contributed by atoms with van der Waals surface area (Å²) in [6, 6.07) is 15.1. The lowest BCUT2D eigenvalue weighted by Crippen LogP contribution is -2.46. The second-order valence-corrected chi connectivity index (χ2v) is 8.62. The van der Waals surface area contributed by atoms with Gasteiger partial charge in [-0.2, -0.15) is 4.52 Å². The highest BCUT2D eigenvalue weighted by Gasteiger charge is 2.22. The van der Waals surface area contributed by atoms with Crippen molar-refractivity contribution in [2.75, 3.05) is 31.1 Å². The molecule has 0 atom stereocenters. The highest BCUT2D eigenvalue weighted by atomic mass is 15.4. The molecule has 4 heterocycles. The molecule has 0 unspecified atom stereocenters. The van der Waals surface area contributed by atoms with Gasteiger partial charge < -0.3 is 4.90 Å². The predicted octanol–water partition coefficient (Wildman–Crippen LogP) is 4.17. The van der Waals surface area contributed by atoms with E-state index in [0.29, 0.717) is 0 Å². The SMILES string of the molecule is CCCc1cc(N2CCN(Cc3ccccc3)CC2)n2nc3nc(C)cc(C)c3c2n1. The van der Waals surface area contributed by atoms with Gasteiger partial charge in [-0.05, 0) is 37.5 Å². The van der Waals surface area contributed by atoms with Gasteiger partial charge in [-0.15, -0.1) is 5.10 Å². The largest absolute Gasteiger partial charge is 0.354 e. The van der Waals surface area contributed by atoms with Crippen LogP contribution in [0.15, 0.2) is 42.5 Å². The number of hydrogen-bond acceptors (Lipinski definition) is 5. The molecule has 0 saturated carbocycles. The quantitative estimate of drug-likeness (QED) is 0.491. The first-order valence-electron chi connectivity index (χ1n) is 11.3. The molecule has 4 aromatic rings. The summed E-state index contributed by atoms with van der Waals surface area (Å²) in [5.74, 6) is 1.14. The first-order valence-corrected chi connectivity index (χ1v) is 11.3. The van der Waals surface area contributed by atoms with Crippen molar-refractivity contribution in [3.63, 3.8) is 0 Å². The third-order valence-corrected chi connectivity index (χ3v) is 6.16. The van der Waals surface area contributed by atoms with Gasteiger partial charge in [0.15, 0.2) is 11.3 Å². The number of piperazine rings is 1. The van der Waals surface area contributed by atoms with Crippen LogP contribution < -0.4 is 4.90 Å². The third-order valence-electron chi connectivity index (χ3n) is 6.16. The second-order valence-electron chi connectivity index (χ2n) is 8.62. The number of rotatable bonds is 5. The molecule has 0 spiro atoms. The van der Waals surface area contributed by atoms with E-state index >= 15 is 0 Å². The van der Waals surface area contributed by atoms with Crippen LogP contribution in [0.3, 0.4) is 0 Å². The minimum absolute atomic E-state index is 0.794. The molecule has 1 aliphatic rings.